The number of rotatable bonds is 9. The normalized spacial score (nSPS) is 12.8. The van der Waals surface area contributed by atoms with Crippen LogP contribution in [0.4, 0.5) is 0 Å². The molecule has 96 valence electrons. The molecular formula is C11H22O5. The van der Waals surface area contributed by atoms with E-state index in [-0.39, 0.29) is 31.4 Å². The van der Waals surface area contributed by atoms with Gasteiger partial charge < -0.3 is 19.3 Å². The van der Waals surface area contributed by atoms with Gasteiger partial charge in [0.05, 0.1) is 6.61 Å². The van der Waals surface area contributed by atoms with Crippen LogP contribution in [0.15, 0.2) is 0 Å². The first-order valence-electron chi connectivity index (χ1n) is 5.61. The molecule has 0 fully saturated rings. The minimum absolute atomic E-state index is 0.0517. The molecule has 0 saturated heterocycles. The highest BCUT2D eigenvalue weighted by Crippen LogP contribution is 2.11. The lowest BCUT2D eigenvalue weighted by Crippen LogP contribution is -2.26. The fourth-order valence-electron chi connectivity index (χ4n) is 1.26. The standard InChI is InChI=1S/C11H22O5/c1-4-14-11(15-5-2)6-10(7-12)8-16-9(3)13/h10-12H,4-8H2,1-3H3/t10-/m0/s1. The highest BCUT2D eigenvalue weighted by molar-refractivity contribution is 5.65. The molecule has 0 saturated carbocycles. The minimum Gasteiger partial charge on any atom is -0.465 e. The first-order valence-corrected chi connectivity index (χ1v) is 5.61. The van der Waals surface area contributed by atoms with Gasteiger partial charge in [-0.25, -0.2) is 0 Å². The predicted molar refractivity (Wildman–Crippen MR) is 58.9 cm³/mol. The van der Waals surface area contributed by atoms with Crippen molar-refractivity contribution in [3.63, 3.8) is 0 Å². The van der Waals surface area contributed by atoms with Crippen molar-refractivity contribution in [3.05, 3.63) is 0 Å². The van der Waals surface area contributed by atoms with Gasteiger partial charge in [-0.15, -0.1) is 0 Å². The van der Waals surface area contributed by atoms with E-state index >= 15 is 0 Å². The molecule has 1 atom stereocenters. The molecule has 0 aliphatic heterocycles. The second-order valence-corrected chi connectivity index (χ2v) is 3.43. The van der Waals surface area contributed by atoms with Crippen molar-refractivity contribution >= 4 is 5.97 Å². The van der Waals surface area contributed by atoms with E-state index in [4.69, 9.17) is 19.3 Å². The molecule has 0 amide bonds. The zero-order chi connectivity index (χ0) is 12.4. The molecule has 0 spiro atoms. The third kappa shape index (κ3) is 7.62. The third-order valence-corrected chi connectivity index (χ3v) is 2.01. The Labute approximate surface area is 96.7 Å². The maximum atomic E-state index is 10.6. The van der Waals surface area contributed by atoms with Crippen molar-refractivity contribution < 1.29 is 24.1 Å². The molecule has 5 heteroatoms. The van der Waals surface area contributed by atoms with Gasteiger partial charge >= 0.3 is 5.97 Å². The quantitative estimate of drug-likeness (QED) is 0.475. The number of carbonyl (C=O) groups is 1. The molecule has 16 heavy (non-hydrogen) atoms. The fraction of sp³-hybridized carbons (Fsp3) is 0.909. The number of aliphatic hydroxyl groups is 1. The third-order valence-electron chi connectivity index (χ3n) is 2.01. The number of carbonyl (C=O) groups excluding carboxylic acids is 1. The summed E-state index contributed by atoms with van der Waals surface area (Å²) in [4.78, 5) is 10.6. The van der Waals surface area contributed by atoms with Crippen molar-refractivity contribution in [1.82, 2.24) is 0 Å². The number of aliphatic hydroxyl groups excluding tert-OH is 1. The topological polar surface area (TPSA) is 65.0 Å². The lowest BCUT2D eigenvalue weighted by atomic mass is 10.1. The smallest absolute Gasteiger partial charge is 0.302 e. The summed E-state index contributed by atoms with van der Waals surface area (Å²) in [5.41, 5.74) is 0. The zero-order valence-electron chi connectivity index (χ0n) is 10.3. The first kappa shape index (κ1) is 15.3. The largest absolute Gasteiger partial charge is 0.465 e. The van der Waals surface area contributed by atoms with Crippen LogP contribution < -0.4 is 0 Å². The Morgan fingerprint density at radius 2 is 1.81 bits per heavy atom. The summed E-state index contributed by atoms with van der Waals surface area (Å²) in [5.74, 6) is -0.491. The summed E-state index contributed by atoms with van der Waals surface area (Å²) in [7, 11) is 0. The highest BCUT2D eigenvalue weighted by Gasteiger charge is 2.17. The van der Waals surface area contributed by atoms with Crippen LogP contribution in [0.2, 0.25) is 0 Å². The fourth-order valence-corrected chi connectivity index (χ4v) is 1.26. The number of ether oxygens (including phenoxy) is 3. The van der Waals surface area contributed by atoms with Crippen LogP contribution in [0.3, 0.4) is 0 Å². The molecule has 5 nitrogen and oxygen atoms in total. The Morgan fingerprint density at radius 3 is 2.19 bits per heavy atom. The molecule has 0 aromatic carbocycles. The number of hydrogen-bond acceptors (Lipinski definition) is 5. The van der Waals surface area contributed by atoms with E-state index in [0.29, 0.717) is 19.6 Å². The Hall–Kier alpha value is -0.650. The molecule has 0 rings (SSSR count). The number of hydrogen-bond donors (Lipinski definition) is 1. The molecule has 0 heterocycles. The average Bonchev–Trinajstić information content (AvgIpc) is 2.24. The van der Waals surface area contributed by atoms with Crippen LogP contribution in [-0.2, 0) is 19.0 Å². The van der Waals surface area contributed by atoms with Crippen LogP contribution in [-0.4, -0.2) is 43.8 Å². The van der Waals surface area contributed by atoms with Crippen LogP contribution >= 0.6 is 0 Å². The van der Waals surface area contributed by atoms with Gasteiger partial charge in [0.2, 0.25) is 0 Å². The van der Waals surface area contributed by atoms with Crippen molar-refractivity contribution in [3.8, 4) is 0 Å². The SMILES string of the molecule is CCOC(C[C@@H](CO)COC(C)=O)OCC. The van der Waals surface area contributed by atoms with Crippen molar-refractivity contribution in [2.75, 3.05) is 26.4 Å². The van der Waals surface area contributed by atoms with E-state index in [1.165, 1.54) is 6.92 Å². The van der Waals surface area contributed by atoms with E-state index in [9.17, 15) is 4.79 Å². The lowest BCUT2D eigenvalue weighted by molar-refractivity contribution is -0.157. The van der Waals surface area contributed by atoms with E-state index in [2.05, 4.69) is 0 Å². The Bertz CT molecular complexity index is 177. The van der Waals surface area contributed by atoms with Crippen LogP contribution in [0, 0.1) is 5.92 Å². The van der Waals surface area contributed by atoms with Crippen LogP contribution in [0.25, 0.3) is 0 Å². The van der Waals surface area contributed by atoms with Gasteiger partial charge in [-0.2, -0.15) is 0 Å². The van der Waals surface area contributed by atoms with E-state index in [1.54, 1.807) is 0 Å². The number of esters is 1. The van der Waals surface area contributed by atoms with Crippen molar-refractivity contribution in [2.24, 2.45) is 5.92 Å². The molecule has 0 aromatic heterocycles. The molecule has 0 aliphatic rings. The summed E-state index contributed by atoms with van der Waals surface area (Å²) < 4.78 is 15.5. The lowest BCUT2D eigenvalue weighted by Gasteiger charge is -2.21. The minimum atomic E-state index is -0.345. The summed E-state index contributed by atoms with van der Waals surface area (Å²) in [6.07, 6.45) is 0.175. The van der Waals surface area contributed by atoms with Gasteiger partial charge in [0.1, 0.15) is 0 Å². The van der Waals surface area contributed by atoms with Gasteiger partial charge in [0, 0.05) is 39.1 Å². The average molecular weight is 234 g/mol. The summed E-state index contributed by atoms with van der Waals surface area (Å²) in [6.45, 7) is 6.36. The maximum Gasteiger partial charge on any atom is 0.302 e. The van der Waals surface area contributed by atoms with E-state index in [1.807, 2.05) is 13.8 Å². The molecule has 0 bridgehead atoms. The van der Waals surface area contributed by atoms with Crippen molar-refractivity contribution in [2.45, 2.75) is 33.5 Å². The molecular weight excluding hydrogens is 212 g/mol. The zero-order valence-corrected chi connectivity index (χ0v) is 10.3. The van der Waals surface area contributed by atoms with Gasteiger partial charge in [-0.05, 0) is 13.8 Å². The predicted octanol–water partition coefficient (Wildman–Crippen LogP) is 0.947. The van der Waals surface area contributed by atoms with Gasteiger partial charge in [0.15, 0.2) is 6.29 Å². The summed E-state index contributed by atoms with van der Waals surface area (Å²) in [5, 5.41) is 9.12. The monoisotopic (exact) mass is 234 g/mol. The first-order chi connectivity index (χ1) is 7.63. The molecule has 0 aromatic rings. The van der Waals surface area contributed by atoms with Crippen LogP contribution in [0.5, 0.6) is 0 Å². The molecule has 0 radical (unpaired) electrons. The molecule has 0 aliphatic carbocycles. The second-order valence-electron chi connectivity index (χ2n) is 3.43. The highest BCUT2D eigenvalue weighted by atomic mass is 16.7. The van der Waals surface area contributed by atoms with Gasteiger partial charge in [-0.3, -0.25) is 4.79 Å². The van der Waals surface area contributed by atoms with E-state index < -0.39 is 0 Å². The van der Waals surface area contributed by atoms with Gasteiger partial charge in [-0.1, -0.05) is 0 Å². The Balaban J connectivity index is 3.98. The Morgan fingerprint density at radius 1 is 1.25 bits per heavy atom. The summed E-state index contributed by atoms with van der Waals surface area (Å²) in [6, 6.07) is 0. The molecule has 1 N–H and O–H groups in total. The Kier molecular flexibility index (Phi) is 9.18. The van der Waals surface area contributed by atoms with Crippen molar-refractivity contribution in [1.29, 1.82) is 0 Å². The second kappa shape index (κ2) is 9.57. The van der Waals surface area contributed by atoms with E-state index in [0.717, 1.165) is 0 Å². The van der Waals surface area contributed by atoms with Gasteiger partial charge in [0.25, 0.3) is 0 Å². The molecule has 0 unspecified atom stereocenters. The van der Waals surface area contributed by atoms with Crippen LogP contribution in [0.1, 0.15) is 27.2 Å². The summed E-state index contributed by atoms with van der Waals surface area (Å²) >= 11 is 0. The maximum absolute atomic E-state index is 10.6.